The third kappa shape index (κ3) is 3.31. The van der Waals surface area contributed by atoms with E-state index in [0.717, 1.165) is 31.3 Å². The fraction of sp³-hybridized carbons (Fsp3) is 0.600. The zero-order valence-electron chi connectivity index (χ0n) is 9.64. The fourth-order valence-corrected chi connectivity index (χ4v) is 2.31. The van der Waals surface area contributed by atoms with Crippen LogP contribution in [0.4, 0.5) is 9.93 Å². The predicted octanol–water partition coefficient (Wildman–Crippen LogP) is 1.09. The SMILES string of the molecule is CCOC(=O)Oc1csc(N2CCNCC2)n1. The van der Waals surface area contributed by atoms with E-state index in [0.29, 0.717) is 12.5 Å². The second kappa shape index (κ2) is 5.83. The molecule has 6 nitrogen and oxygen atoms in total. The Kier molecular flexibility index (Phi) is 4.16. The standard InChI is InChI=1S/C10H15N3O3S/c1-2-15-10(14)16-8-7-17-9(12-8)13-5-3-11-4-6-13/h7,11H,2-6H2,1H3. The van der Waals surface area contributed by atoms with Crippen LogP contribution in [0, 0.1) is 0 Å². The molecule has 1 fully saturated rings. The molecule has 1 N–H and O–H groups in total. The van der Waals surface area contributed by atoms with Gasteiger partial charge >= 0.3 is 6.16 Å². The minimum absolute atomic E-state index is 0.299. The molecule has 0 aromatic carbocycles. The lowest BCUT2D eigenvalue weighted by molar-refractivity contribution is 0.103. The number of nitrogens with one attached hydrogen (secondary N) is 1. The summed E-state index contributed by atoms with van der Waals surface area (Å²) < 4.78 is 9.60. The van der Waals surface area contributed by atoms with Crippen LogP contribution in [0.3, 0.4) is 0 Å². The van der Waals surface area contributed by atoms with E-state index < -0.39 is 6.16 Å². The number of piperazine rings is 1. The molecule has 17 heavy (non-hydrogen) atoms. The second-order valence-electron chi connectivity index (χ2n) is 3.49. The molecule has 1 aliphatic rings. The van der Waals surface area contributed by atoms with Gasteiger partial charge in [0.15, 0.2) is 5.13 Å². The van der Waals surface area contributed by atoms with Gasteiger partial charge in [-0.1, -0.05) is 0 Å². The molecule has 7 heteroatoms. The third-order valence-corrected chi connectivity index (χ3v) is 3.19. The van der Waals surface area contributed by atoms with Gasteiger partial charge in [-0.2, -0.15) is 4.98 Å². The maximum atomic E-state index is 11.1. The molecule has 0 amide bonds. The molecule has 1 saturated heterocycles. The summed E-state index contributed by atoms with van der Waals surface area (Å²) in [6.07, 6.45) is -0.704. The summed E-state index contributed by atoms with van der Waals surface area (Å²) in [6.45, 7) is 5.78. The lowest BCUT2D eigenvalue weighted by atomic mass is 10.4. The van der Waals surface area contributed by atoms with Gasteiger partial charge in [0.05, 0.1) is 12.0 Å². The van der Waals surface area contributed by atoms with Crippen LogP contribution in [0.5, 0.6) is 5.88 Å². The Labute approximate surface area is 104 Å². The normalized spacial score (nSPS) is 15.7. The molecular weight excluding hydrogens is 242 g/mol. The summed E-state index contributed by atoms with van der Waals surface area (Å²) in [4.78, 5) is 17.5. The van der Waals surface area contributed by atoms with Gasteiger partial charge in [-0.3, -0.25) is 0 Å². The van der Waals surface area contributed by atoms with E-state index in [1.807, 2.05) is 0 Å². The van der Waals surface area contributed by atoms with Gasteiger partial charge in [0, 0.05) is 26.2 Å². The first-order chi connectivity index (χ1) is 8.29. The Morgan fingerprint density at radius 2 is 2.35 bits per heavy atom. The molecule has 2 heterocycles. The van der Waals surface area contributed by atoms with E-state index >= 15 is 0 Å². The average Bonchev–Trinajstić information content (AvgIpc) is 2.79. The topological polar surface area (TPSA) is 63.7 Å². The summed E-state index contributed by atoms with van der Waals surface area (Å²) in [5, 5.41) is 5.87. The van der Waals surface area contributed by atoms with Crippen LogP contribution >= 0.6 is 11.3 Å². The van der Waals surface area contributed by atoms with Gasteiger partial charge in [0.25, 0.3) is 0 Å². The van der Waals surface area contributed by atoms with Crippen LogP contribution in [0.15, 0.2) is 5.38 Å². The third-order valence-electron chi connectivity index (χ3n) is 2.31. The monoisotopic (exact) mass is 257 g/mol. The highest BCUT2D eigenvalue weighted by Gasteiger charge is 2.15. The van der Waals surface area contributed by atoms with Gasteiger partial charge in [-0.05, 0) is 6.92 Å². The largest absolute Gasteiger partial charge is 0.515 e. The van der Waals surface area contributed by atoms with E-state index in [1.54, 1.807) is 12.3 Å². The Bertz CT molecular complexity index is 377. The number of hydrogen-bond acceptors (Lipinski definition) is 7. The average molecular weight is 257 g/mol. The molecule has 0 saturated carbocycles. The second-order valence-corrected chi connectivity index (χ2v) is 4.33. The van der Waals surface area contributed by atoms with E-state index in [-0.39, 0.29) is 0 Å². The van der Waals surface area contributed by atoms with Crippen molar-refractivity contribution in [1.29, 1.82) is 0 Å². The van der Waals surface area contributed by atoms with Gasteiger partial charge in [0.1, 0.15) is 0 Å². The summed E-state index contributed by atoms with van der Waals surface area (Å²) in [7, 11) is 0. The maximum absolute atomic E-state index is 11.1. The number of hydrogen-bond donors (Lipinski definition) is 1. The molecule has 0 unspecified atom stereocenters. The molecule has 1 aromatic heterocycles. The van der Waals surface area contributed by atoms with Crippen molar-refractivity contribution >= 4 is 22.6 Å². The number of nitrogens with zero attached hydrogens (tertiary/aromatic N) is 2. The first-order valence-electron chi connectivity index (χ1n) is 5.55. The number of carbonyl (C=O) groups excluding carboxylic acids is 1. The van der Waals surface area contributed by atoms with Crippen LogP contribution in [0.25, 0.3) is 0 Å². The highest BCUT2D eigenvalue weighted by Crippen LogP contribution is 2.25. The molecule has 0 bridgehead atoms. The first kappa shape index (κ1) is 12.1. The smallest absolute Gasteiger partial charge is 0.434 e. The number of ether oxygens (including phenoxy) is 2. The van der Waals surface area contributed by atoms with E-state index in [9.17, 15) is 4.79 Å². The van der Waals surface area contributed by atoms with Gasteiger partial charge in [0.2, 0.25) is 5.88 Å². The number of aromatic nitrogens is 1. The minimum Gasteiger partial charge on any atom is -0.434 e. The van der Waals surface area contributed by atoms with Crippen molar-refractivity contribution in [1.82, 2.24) is 10.3 Å². The lowest BCUT2D eigenvalue weighted by Gasteiger charge is -2.26. The predicted molar refractivity (Wildman–Crippen MR) is 64.8 cm³/mol. The summed E-state index contributed by atoms with van der Waals surface area (Å²) >= 11 is 1.47. The molecule has 1 aromatic rings. The molecule has 0 atom stereocenters. The molecule has 94 valence electrons. The Morgan fingerprint density at radius 3 is 3.06 bits per heavy atom. The van der Waals surface area contributed by atoms with Crippen LogP contribution in [0.2, 0.25) is 0 Å². The van der Waals surface area contributed by atoms with Gasteiger partial charge < -0.3 is 19.7 Å². The number of carbonyl (C=O) groups is 1. The highest BCUT2D eigenvalue weighted by molar-refractivity contribution is 7.13. The highest BCUT2D eigenvalue weighted by atomic mass is 32.1. The first-order valence-corrected chi connectivity index (χ1v) is 6.43. The van der Waals surface area contributed by atoms with E-state index in [1.165, 1.54) is 11.3 Å². The summed E-state index contributed by atoms with van der Waals surface area (Å²) in [6, 6.07) is 0. The minimum atomic E-state index is -0.704. The summed E-state index contributed by atoms with van der Waals surface area (Å²) in [5.74, 6) is 0.307. The quantitative estimate of drug-likeness (QED) is 0.818. The van der Waals surface area contributed by atoms with Crippen molar-refractivity contribution in [2.75, 3.05) is 37.7 Å². The molecule has 2 rings (SSSR count). The fourth-order valence-electron chi connectivity index (χ4n) is 1.53. The Morgan fingerprint density at radius 1 is 1.59 bits per heavy atom. The molecular formula is C10H15N3O3S. The molecule has 0 radical (unpaired) electrons. The van der Waals surface area contributed by atoms with Gasteiger partial charge in [-0.25, -0.2) is 4.79 Å². The Balaban J connectivity index is 1.93. The van der Waals surface area contributed by atoms with Crippen molar-refractivity contribution in [3.05, 3.63) is 5.38 Å². The van der Waals surface area contributed by atoms with Crippen LogP contribution < -0.4 is 15.0 Å². The summed E-state index contributed by atoms with van der Waals surface area (Å²) in [5.41, 5.74) is 0. The lowest BCUT2D eigenvalue weighted by Crippen LogP contribution is -2.43. The number of rotatable bonds is 3. The van der Waals surface area contributed by atoms with Gasteiger partial charge in [-0.15, -0.1) is 11.3 Å². The maximum Gasteiger partial charge on any atom is 0.515 e. The van der Waals surface area contributed by atoms with Crippen LogP contribution in [-0.4, -0.2) is 43.9 Å². The van der Waals surface area contributed by atoms with Crippen molar-refractivity contribution in [3.63, 3.8) is 0 Å². The van der Waals surface area contributed by atoms with Crippen molar-refractivity contribution in [2.24, 2.45) is 0 Å². The van der Waals surface area contributed by atoms with Crippen LogP contribution in [-0.2, 0) is 4.74 Å². The number of anilines is 1. The van der Waals surface area contributed by atoms with E-state index in [2.05, 4.69) is 19.9 Å². The van der Waals surface area contributed by atoms with Crippen molar-refractivity contribution < 1.29 is 14.3 Å². The molecule has 1 aliphatic heterocycles. The van der Waals surface area contributed by atoms with E-state index in [4.69, 9.17) is 4.74 Å². The zero-order valence-corrected chi connectivity index (χ0v) is 10.5. The molecule has 0 spiro atoms. The van der Waals surface area contributed by atoms with Crippen LogP contribution in [0.1, 0.15) is 6.92 Å². The molecule has 0 aliphatic carbocycles. The van der Waals surface area contributed by atoms with Crippen molar-refractivity contribution in [3.8, 4) is 5.88 Å². The van der Waals surface area contributed by atoms with Crippen molar-refractivity contribution in [2.45, 2.75) is 6.92 Å². The Hall–Kier alpha value is -1.34. The zero-order chi connectivity index (χ0) is 12.1. The number of thiazole rings is 1.